The standard InChI is InChI=1S/C21H20N4O/c26-25-20-12-17(16-9-5-2-6-10-16)11-19-18(20)14-23-21(24-19)22-13-15-7-3-1-4-8-15/h1-10,14,17,26H,11-13H2,(H,22,23,24)/b25-20+. The molecular weight excluding hydrogens is 324 g/mol. The molecule has 0 amide bonds. The molecule has 1 aliphatic rings. The number of nitrogens with zero attached hydrogens (tertiary/aromatic N) is 3. The van der Waals surface area contributed by atoms with E-state index < -0.39 is 0 Å². The first-order valence-electron chi connectivity index (χ1n) is 8.73. The lowest BCUT2D eigenvalue weighted by Gasteiger charge is -2.25. The van der Waals surface area contributed by atoms with Gasteiger partial charge in [0.15, 0.2) is 0 Å². The van der Waals surface area contributed by atoms with Gasteiger partial charge in [-0.2, -0.15) is 0 Å². The fourth-order valence-corrected chi connectivity index (χ4v) is 3.38. The Hall–Kier alpha value is -3.21. The van der Waals surface area contributed by atoms with Crippen LogP contribution >= 0.6 is 0 Å². The first-order chi connectivity index (χ1) is 12.8. The molecule has 0 bridgehead atoms. The van der Waals surface area contributed by atoms with Gasteiger partial charge in [-0.3, -0.25) is 0 Å². The number of nitrogens with one attached hydrogen (secondary N) is 1. The van der Waals surface area contributed by atoms with Crippen molar-refractivity contribution in [3.05, 3.63) is 89.2 Å². The zero-order valence-corrected chi connectivity index (χ0v) is 14.3. The zero-order valence-electron chi connectivity index (χ0n) is 14.3. The third-order valence-corrected chi connectivity index (χ3v) is 4.74. The molecule has 1 aromatic heterocycles. The Labute approximate surface area is 152 Å². The number of aromatic nitrogens is 2. The summed E-state index contributed by atoms with van der Waals surface area (Å²) in [7, 11) is 0. The van der Waals surface area contributed by atoms with E-state index in [0.717, 1.165) is 17.7 Å². The van der Waals surface area contributed by atoms with Crippen molar-refractivity contribution < 1.29 is 5.21 Å². The lowest BCUT2D eigenvalue weighted by molar-refractivity contribution is 0.316. The number of fused-ring (bicyclic) bond motifs is 1. The Balaban J connectivity index is 1.57. The molecule has 1 aliphatic carbocycles. The second-order valence-electron chi connectivity index (χ2n) is 6.46. The molecule has 5 heteroatoms. The minimum absolute atomic E-state index is 0.256. The minimum Gasteiger partial charge on any atom is -0.411 e. The predicted octanol–water partition coefficient (Wildman–Crippen LogP) is 4.00. The summed E-state index contributed by atoms with van der Waals surface area (Å²) in [5.41, 5.74) is 4.81. The fraction of sp³-hybridized carbons (Fsp3) is 0.190. The van der Waals surface area contributed by atoms with E-state index in [1.54, 1.807) is 6.20 Å². The second-order valence-corrected chi connectivity index (χ2v) is 6.46. The lowest BCUT2D eigenvalue weighted by atomic mass is 9.82. The van der Waals surface area contributed by atoms with Crippen molar-refractivity contribution in [3.8, 4) is 0 Å². The Bertz CT molecular complexity index is 910. The molecule has 1 atom stereocenters. The molecule has 5 nitrogen and oxygen atoms in total. The monoisotopic (exact) mass is 344 g/mol. The molecule has 0 radical (unpaired) electrons. The number of oxime groups is 1. The summed E-state index contributed by atoms with van der Waals surface area (Å²) in [5.74, 6) is 0.852. The SMILES string of the molecule is O/N=C1\CC(c2ccccc2)Cc2nc(NCc3ccccc3)ncc21. The van der Waals surface area contributed by atoms with E-state index in [1.807, 2.05) is 36.4 Å². The van der Waals surface area contributed by atoms with Gasteiger partial charge in [-0.15, -0.1) is 0 Å². The first-order valence-corrected chi connectivity index (χ1v) is 8.73. The maximum Gasteiger partial charge on any atom is 0.223 e. The van der Waals surface area contributed by atoms with Gasteiger partial charge in [0.1, 0.15) is 0 Å². The maximum absolute atomic E-state index is 9.44. The number of hydrogen-bond acceptors (Lipinski definition) is 5. The molecule has 0 aliphatic heterocycles. The molecule has 0 fully saturated rings. The highest BCUT2D eigenvalue weighted by Gasteiger charge is 2.27. The van der Waals surface area contributed by atoms with Gasteiger partial charge in [-0.1, -0.05) is 65.8 Å². The molecule has 1 heterocycles. The fourth-order valence-electron chi connectivity index (χ4n) is 3.38. The van der Waals surface area contributed by atoms with Crippen LogP contribution in [0.5, 0.6) is 0 Å². The van der Waals surface area contributed by atoms with Gasteiger partial charge in [0.25, 0.3) is 0 Å². The van der Waals surface area contributed by atoms with Crippen molar-refractivity contribution >= 4 is 11.7 Å². The summed E-state index contributed by atoms with van der Waals surface area (Å²) in [6.45, 7) is 0.669. The quantitative estimate of drug-likeness (QED) is 0.554. The van der Waals surface area contributed by atoms with Gasteiger partial charge in [0, 0.05) is 24.7 Å². The van der Waals surface area contributed by atoms with Crippen molar-refractivity contribution in [1.29, 1.82) is 0 Å². The highest BCUT2D eigenvalue weighted by Crippen LogP contribution is 2.32. The summed E-state index contributed by atoms with van der Waals surface area (Å²) in [4.78, 5) is 9.08. The molecule has 26 heavy (non-hydrogen) atoms. The van der Waals surface area contributed by atoms with Crippen molar-refractivity contribution in [2.45, 2.75) is 25.3 Å². The van der Waals surface area contributed by atoms with Crippen LogP contribution in [0.4, 0.5) is 5.95 Å². The highest BCUT2D eigenvalue weighted by molar-refractivity contribution is 6.02. The van der Waals surface area contributed by atoms with Crippen LogP contribution in [0.25, 0.3) is 0 Å². The summed E-state index contributed by atoms with van der Waals surface area (Å²) < 4.78 is 0. The Morgan fingerprint density at radius 2 is 1.73 bits per heavy atom. The molecule has 3 aromatic rings. The first kappa shape index (κ1) is 16.3. The van der Waals surface area contributed by atoms with Gasteiger partial charge in [-0.25, -0.2) is 9.97 Å². The van der Waals surface area contributed by atoms with Crippen molar-refractivity contribution in [2.75, 3.05) is 5.32 Å². The molecule has 2 aromatic carbocycles. The van der Waals surface area contributed by atoms with Gasteiger partial charge >= 0.3 is 0 Å². The average molecular weight is 344 g/mol. The van der Waals surface area contributed by atoms with Crippen LogP contribution in [0.15, 0.2) is 72.0 Å². The Morgan fingerprint density at radius 1 is 1.00 bits per heavy atom. The number of rotatable bonds is 4. The molecular formula is C21H20N4O. The van der Waals surface area contributed by atoms with Crippen LogP contribution in [0.3, 0.4) is 0 Å². The predicted molar refractivity (Wildman–Crippen MR) is 102 cm³/mol. The van der Waals surface area contributed by atoms with Gasteiger partial charge in [-0.05, 0) is 23.5 Å². The van der Waals surface area contributed by atoms with Crippen molar-refractivity contribution in [3.63, 3.8) is 0 Å². The maximum atomic E-state index is 9.44. The van der Waals surface area contributed by atoms with E-state index >= 15 is 0 Å². The molecule has 0 saturated carbocycles. The smallest absolute Gasteiger partial charge is 0.223 e. The van der Waals surface area contributed by atoms with Crippen LogP contribution in [0.1, 0.15) is 34.7 Å². The van der Waals surface area contributed by atoms with E-state index in [2.05, 4.69) is 44.7 Å². The van der Waals surface area contributed by atoms with E-state index in [9.17, 15) is 5.21 Å². The van der Waals surface area contributed by atoms with Crippen LogP contribution in [-0.4, -0.2) is 20.9 Å². The molecule has 4 rings (SSSR count). The largest absolute Gasteiger partial charge is 0.411 e. The van der Waals surface area contributed by atoms with E-state index in [1.165, 1.54) is 11.1 Å². The highest BCUT2D eigenvalue weighted by atomic mass is 16.4. The van der Waals surface area contributed by atoms with Crippen LogP contribution < -0.4 is 5.32 Å². The average Bonchev–Trinajstić information content (AvgIpc) is 2.72. The number of benzene rings is 2. The molecule has 0 saturated heterocycles. The molecule has 0 spiro atoms. The Morgan fingerprint density at radius 3 is 2.46 bits per heavy atom. The van der Waals surface area contributed by atoms with E-state index in [-0.39, 0.29) is 5.92 Å². The minimum atomic E-state index is 0.256. The van der Waals surface area contributed by atoms with Crippen molar-refractivity contribution in [1.82, 2.24) is 9.97 Å². The summed E-state index contributed by atoms with van der Waals surface area (Å²) in [6, 6.07) is 20.5. The van der Waals surface area contributed by atoms with Gasteiger partial charge < -0.3 is 10.5 Å². The second kappa shape index (κ2) is 7.35. The van der Waals surface area contributed by atoms with E-state index in [0.29, 0.717) is 24.6 Å². The van der Waals surface area contributed by atoms with Gasteiger partial charge in [0.2, 0.25) is 5.95 Å². The van der Waals surface area contributed by atoms with Crippen LogP contribution in [-0.2, 0) is 13.0 Å². The zero-order chi connectivity index (χ0) is 17.8. The summed E-state index contributed by atoms with van der Waals surface area (Å²) >= 11 is 0. The third kappa shape index (κ3) is 3.42. The molecule has 2 N–H and O–H groups in total. The summed E-state index contributed by atoms with van der Waals surface area (Å²) in [6.07, 6.45) is 3.25. The number of anilines is 1. The van der Waals surface area contributed by atoms with Crippen LogP contribution in [0.2, 0.25) is 0 Å². The van der Waals surface area contributed by atoms with E-state index in [4.69, 9.17) is 0 Å². The third-order valence-electron chi connectivity index (χ3n) is 4.74. The Kier molecular flexibility index (Phi) is 4.60. The summed E-state index contributed by atoms with van der Waals surface area (Å²) in [5, 5.41) is 16.2. The normalized spacial score (nSPS) is 17.7. The van der Waals surface area contributed by atoms with Gasteiger partial charge in [0.05, 0.1) is 11.4 Å². The number of hydrogen-bond donors (Lipinski definition) is 2. The van der Waals surface area contributed by atoms with Crippen molar-refractivity contribution in [2.24, 2.45) is 5.16 Å². The molecule has 130 valence electrons. The topological polar surface area (TPSA) is 70.4 Å². The molecule has 1 unspecified atom stereocenters. The van der Waals surface area contributed by atoms with Crippen LogP contribution in [0, 0.1) is 0 Å². The lowest BCUT2D eigenvalue weighted by Crippen LogP contribution is -2.22.